The summed E-state index contributed by atoms with van der Waals surface area (Å²) >= 11 is 9.19. The molecule has 3 amide bonds. The number of carbonyl (C=O) groups excluding carboxylic acids is 2. The first kappa shape index (κ1) is 14.8. The van der Waals surface area contributed by atoms with Gasteiger partial charge in [-0.15, -0.1) is 0 Å². The molecular weight excluding hydrogens is 323 g/mol. The van der Waals surface area contributed by atoms with Crippen LogP contribution in [0.4, 0.5) is 4.79 Å². The third kappa shape index (κ3) is 4.19. The lowest BCUT2D eigenvalue weighted by Crippen LogP contribution is -2.43. The lowest BCUT2D eigenvalue weighted by Gasteiger charge is -2.15. The number of halogens is 2. The molecule has 0 radical (unpaired) electrons. The minimum atomic E-state index is -0.839. The molecule has 0 fully saturated rings. The smallest absolute Gasteiger partial charge is 0.321 e. The molecule has 0 spiro atoms. The highest BCUT2D eigenvalue weighted by Gasteiger charge is 2.18. The van der Waals surface area contributed by atoms with Crippen LogP contribution >= 0.6 is 27.5 Å². The molecule has 0 saturated carbocycles. The van der Waals surface area contributed by atoms with Crippen LogP contribution in [0, 0.1) is 0 Å². The van der Waals surface area contributed by atoms with Gasteiger partial charge in [-0.2, -0.15) is 0 Å². The fraction of sp³-hybridized carbons (Fsp3) is 0.273. The normalized spacial score (nSPS) is 11.6. The van der Waals surface area contributed by atoms with Crippen LogP contribution in [0.15, 0.2) is 22.7 Å². The minimum Gasteiger partial charge on any atom is -0.479 e. The second-order valence-corrected chi connectivity index (χ2v) is 4.73. The molecule has 5 nitrogen and oxygen atoms in total. The highest BCUT2D eigenvalue weighted by molar-refractivity contribution is 9.10. The predicted molar refractivity (Wildman–Crippen MR) is 71.8 cm³/mol. The predicted octanol–water partition coefficient (Wildman–Crippen LogP) is 2.33. The van der Waals surface area contributed by atoms with E-state index in [1.54, 1.807) is 18.2 Å². The van der Waals surface area contributed by atoms with Gasteiger partial charge in [0.25, 0.3) is 5.91 Å². The molecule has 18 heavy (non-hydrogen) atoms. The fourth-order valence-corrected chi connectivity index (χ4v) is 1.59. The van der Waals surface area contributed by atoms with E-state index in [1.807, 2.05) is 0 Å². The maximum Gasteiger partial charge on any atom is 0.321 e. The molecule has 0 heterocycles. The molecule has 1 atom stereocenters. The largest absolute Gasteiger partial charge is 0.479 e. The van der Waals surface area contributed by atoms with Crippen molar-refractivity contribution in [1.82, 2.24) is 10.6 Å². The number of urea groups is 1. The lowest BCUT2D eigenvalue weighted by molar-refractivity contribution is -0.126. The maximum absolute atomic E-state index is 11.6. The summed E-state index contributed by atoms with van der Waals surface area (Å²) in [6.45, 7) is 1.52. The van der Waals surface area contributed by atoms with Gasteiger partial charge in [-0.3, -0.25) is 10.1 Å². The first-order chi connectivity index (χ1) is 8.43. The Labute approximate surface area is 118 Å². The average Bonchev–Trinajstić information content (AvgIpc) is 2.33. The molecule has 98 valence electrons. The lowest BCUT2D eigenvalue weighted by atomic mass is 10.3. The number of imide groups is 1. The van der Waals surface area contributed by atoms with E-state index in [1.165, 1.54) is 14.0 Å². The first-order valence-corrected chi connectivity index (χ1v) is 6.25. The Morgan fingerprint density at radius 2 is 2.11 bits per heavy atom. The molecule has 0 aromatic heterocycles. The summed E-state index contributed by atoms with van der Waals surface area (Å²) in [7, 11) is 1.42. The van der Waals surface area contributed by atoms with Crippen LogP contribution in [-0.2, 0) is 4.79 Å². The second kappa shape index (κ2) is 6.61. The Balaban J connectivity index is 2.69. The Morgan fingerprint density at radius 1 is 1.44 bits per heavy atom. The number of amides is 3. The van der Waals surface area contributed by atoms with E-state index in [0.717, 1.165) is 4.47 Å². The van der Waals surface area contributed by atoms with Gasteiger partial charge >= 0.3 is 6.03 Å². The molecule has 7 heteroatoms. The molecule has 0 aliphatic carbocycles. The van der Waals surface area contributed by atoms with E-state index < -0.39 is 18.0 Å². The summed E-state index contributed by atoms with van der Waals surface area (Å²) in [5.41, 5.74) is 0. The number of nitrogens with one attached hydrogen (secondary N) is 2. The second-order valence-electron chi connectivity index (χ2n) is 3.40. The summed E-state index contributed by atoms with van der Waals surface area (Å²) in [4.78, 5) is 22.5. The van der Waals surface area contributed by atoms with Crippen LogP contribution in [0.1, 0.15) is 6.92 Å². The molecule has 0 bridgehead atoms. The van der Waals surface area contributed by atoms with Crippen LogP contribution in [0.25, 0.3) is 0 Å². The highest BCUT2D eigenvalue weighted by Crippen LogP contribution is 2.28. The first-order valence-electron chi connectivity index (χ1n) is 5.08. The van der Waals surface area contributed by atoms with E-state index in [-0.39, 0.29) is 0 Å². The Hall–Kier alpha value is -1.27. The number of ether oxygens (including phenoxy) is 1. The van der Waals surface area contributed by atoms with Crippen molar-refractivity contribution >= 4 is 39.5 Å². The summed E-state index contributed by atoms with van der Waals surface area (Å²) in [5, 5.41) is 4.78. The van der Waals surface area contributed by atoms with Gasteiger partial charge in [-0.1, -0.05) is 27.5 Å². The quantitative estimate of drug-likeness (QED) is 0.891. The molecule has 2 N–H and O–H groups in total. The van der Waals surface area contributed by atoms with Gasteiger partial charge in [-0.25, -0.2) is 4.79 Å². The van der Waals surface area contributed by atoms with Crippen molar-refractivity contribution in [2.45, 2.75) is 13.0 Å². The number of hydrogen-bond acceptors (Lipinski definition) is 3. The third-order valence-corrected chi connectivity index (χ3v) is 2.84. The summed E-state index contributed by atoms with van der Waals surface area (Å²) in [5.74, 6) is -0.184. The average molecular weight is 336 g/mol. The van der Waals surface area contributed by atoms with Gasteiger partial charge in [0.2, 0.25) is 0 Å². The van der Waals surface area contributed by atoms with E-state index in [4.69, 9.17) is 16.3 Å². The topological polar surface area (TPSA) is 67.4 Å². The van der Waals surface area contributed by atoms with Crippen LogP contribution in [0.5, 0.6) is 5.75 Å². The maximum atomic E-state index is 11.6. The SMILES string of the molecule is CNC(=O)NC(=O)C(C)Oc1cc(Br)ccc1Cl. The Kier molecular flexibility index (Phi) is 5.43. The molecule has 1 aromatic carbocycles. The van der Waals surface area contributed by atoms with Crippen molar-refractivity contribution in [2.75, 3.05) is 7.05 Å². The number of hydrogen-bond donors (Lipinski definition) is 2. The van der Waals surface area contributed by atoms with Gasteiger partial charge in [0.05, 0.1) is 5.02 Å². The van der Waals surface area contributed by atoms with Gasteiger partial charge in [0.15, 0.2) is 6.10 Å². The summed E-state index contributed by atoms with van der Waals surface area (Å²) in [6.07, 6.45) is -0.839. The molecule has 0 aliphatic rings. The minimum absolute atomic E-state index is 0.366. The third-order valence-electron chi connectivity index (χ3n) is 2.03. The van der Waals surface area contributed by atoms with E-state index in [2.05, 4.69) is 26.6 Å². The molecule has 0 saturated heterocycles. The number of carbonyl (C=O) groups is 2. The summed E-state index contributed by atoms with van der Waals surface area (Å²) in [6, 6.07) is 4.46. The zero-order valence-corrected chi connectivity index (χ0v) is 12.1. The van der Waals surface area contributed by atoms with E-state index >= 15 is 0 Å². The Morgan fingerprint density at radius 3 is 2.72 bits per heavy atom. The van der Waals surface area contributed by atoms with Crippen molar-refractivity contribution in [3.05, 3.63) is 27.7 Å². The molecular formula is C11H12BrClN2O3. The zero-order valence-electron chi connectivity index (χ0n) is 9.79. The van der Waals surface area contributed by atoms with Gasteiger partial charge in [0.1, 0.15) is 5.75 Å². The Bertz CT molecular complexity index is 468. The monoisotopic (exact) mass is 334 g/mol. The molecule has 1 rings (SSSR count). The molecule has 1 unspecified atom stereocenters. The molecule has 0 aliphatic heterocycles. The van der Waals surface area contributed by atoms with E-state index in [0.29, 0.717) is 10.8 Å². The summed E-state index contributed by atoms with van der Waals surface area (Å²) < 4.78 is 6.16. The van der Waals surface area contributed by atoms with Crippen molar-refractivity contribution in [3.63, 3.8) is 0 Å². The fourth-order valence-electron chi connectivity index (χ4n) is 1.09. The van der Waals surface area contributed by atoms with Crippen molar-refractivity contribution in [1.29, 1.82) is 0 Å². The highest BCUT2D eigenvalue weighted by atomic mass is 79.9. The number of benzene rings is 1. The molecule has 1 aromatic rings. The standard InChI is InChI=1S/C11H12BrClN2O3/c1-6(10(16)15-11(17)14-2)18-9-5-7(12)3-4-8(9)13/h3-6H,1-2H3,(H2,14,15,16,17). The van der Waals surface area contributed by atoms with Crippen molar-refractivity contribution < 1.29 is 14.3 Å². The number of rotatable bonds is 3. The van der Waals surface area contributed by atoms with E-state index in [9.17, 15) is 9.59 Å². The van der Waals surface area contributed by atoms with Crippen LogP contribution in [-0.4, -0.2) is 25.1 Å². The van der Waals surface area contributed by atoms with Gasteiger partial charge < -0.3 is 10.1 Å². The van der Waals surface area contributed by atoms with Gasteiger partial charge in [-0.05, 0) is 25.1 Å². The van der Waals surface area contributed by atoms with Crippen LogP contribution in [0.2, 0.25) is 5.02 Å². The van der Waals surface area contributed by atoms with Crippen molar-refractivity contribution in [3.8, 4) is 5.75 Å². The zero-order chi connectivity index (χ0) is 13.7. The van der Waals surface area contributed by atoms with Gasteiger partial charge in [0, 0.05) is 11.5 Å². The van der Waals surface area contributed by atoms with Crippen LogP contribution < -0.4 is 15.4 Å². The van der Waals surface area contributed by atoms with Crippen LogP contribution in [0.3, 0.4) is 0 Å². The van der Waals surface area contributed by atoms with Crippen molar-refractivity contribution in [2.24, 2.45) is 0 Å².